The van der Waals surface area contributed by atoms with E-state index in [0.29, 0.717) is 5.69 Å². The molecule has 1 unspecified atom stereocenters. The van der Waals surface area contributed by atoms with E-state index in [1.54, 1.807) is 28.7 Å². The number of hydrogen-bond donors (Lipinski definition) is 1. The fraction of sp³-hybridized carbons (Fsp3) is 0.0500. The van der Waals surface area contributed by atoms with Gasteiger partial charge in [0.15, 0.2) is 0 Å². The van der Waals surface area contributed by atoms with Crippen LogP contribution >= 0.6 is 0 Å². The fourth-order valence-electron chi connectivity index (χ4n) is 3.44. The Bertz CT molecular complexity index is 1070. The smallest absolute Gasteiger partial charge is 0.304 e. The highest BCUT2D eigenvalue weighted by Crippen LogP contribution is 2.42. The Morgan fingerprint density at radius 1 is 1.04 bits per heavy atom. The molecule has 3 aromatic rings. The minimum Gasteiger partial charge on any atom is -0.304 e. The van der Waals surface area contributed by atoms with Crippen LogP contribution in [0.2, 0.25) is 0 Å². The van der Waals surface area contributed by atoms with Crippen molar-refractivity contribution in [1.82, 2.24) is 10.1 Å². The summed E-state index contributed by atoms with van der Waals surface area (Å²) in [4.78, 5) is 17.4. The molecule has 0 fully saturated rings. The third kappa shape index (κ3) is 2.16. The molecule has 2 amide bonds. The zero-order valence-electron chi connectivity index (χ0n) is 13.8. The van der Waals surface area contributed by atoms with Crippen LogP contribution in [-0.2, 0) is 0 Å². The number of aromatic nitrogens is 1. The molecule has 1 atom stereocenters. The van der Waals surface area contributed by atoms with Crippen LogP contribution in [0, 0.1) is 0 Å². The van der Waals surface area contributed by atoms with Crippen molar-refractivity contribution >= 4 is 34.4 Å². The first-order valence-corrected chi connectivity index (χ1v) is 8.35. The van der Waals surface area contributed by atoms with Crippen LogP contribution < -0.4 is 10.3 Å². The molecule has 2 aliphatic heterocycles. The van der Waals surface area contributed by atoms with Crippen molar-refractivity contribution in [2.75, 3.05) is 10.3 Å². The first-order chi connectivity index (χ1) is 12.8. The Balaban J connectivity index is 1.54. The van der Waals surface area contributed by atoms with Crippen LogP contribution in [0.4, 0.5) is 16.2 Å². The van der Waals surface area contributed by atoms with Crippen LogP contribution in [0.3, 0.4) is 0 Å². The number of carbonyl (C=O) groups excluding carboxylic acids is 1. The lowest BCUT2D eigenvalue weighted by Gasteiger charge is -2.29. The Hall–Kier alpha value is -3.67. The number of hydrazone groups is 1. The summed E-state index contributed by atoms with van der Waals surface area (Å²) in [5, 5.41) is 12.6. The highest BCUT2D eigenvalue weighted by atomic mass is 16.2. The van der Waals surface area contributed by atoms with Crippen molar-refractivity contribution in [2.24, 2.45) is 5.10 Å². The minimum atomic E-state index is -0.273. The van der Waals surface area contributed by atoms with E-state index in [2.05, 4.69) is 15.4 Å². The largest absolute Gasteiger partial charge is 0.346 e. The summed E-state index contributed by atoms with van der Waals surface area (Å²) >= 11 is 0. The average Bonchev–Trinajstić information content (AvgIpc) is 3.03. The van der Waals surface area contributed by atoms with Crippen LogP contribution in [0.5, 0.6) is 0 Å². The second kappa shape index (κ2) is 5.70. The number of hydrazine groups is 1. The van der Waals surface area contributed by atoms with Gasteiger partial charge in [-0.3, -0.25) is 4.98 Å². The van der Waals surface area contributed by atoms with Gasteiger partial charge in [-0.25, -0.2) is 4.79 Å². The average molecular weight is 341 g/mol. The number of fused-ring (bicyclic) bond motifs is 4. The highest BCUT2D eigenvalue weighted by molar-refractivity contribution is 6.07. The van der Waals surface area contributed by atoms with E-state index in [1.807, 2.05) is 60.7 Å². The predicted octanol–water partition coefficient (Wildman–Crippen LogP) is 4.10. The van der Waals surface area contributed by atoms with E-state index in [9.17, 15) is 4.79 Å². The number of rotatable bonds is 1. The van der Waals surface area contributed by atoms with Crippen molar-refractivity contribution in [3.63, 3.8) is 0 Å². The number of nitrogens with zero attached hydrogens (tertiary/aromatic N) is 4. The van der Waals surface area contributed by atoms with Crippen molar-refractivity contribution in [3.05, 3.63) is 78.6 Å². The molecule has 0 radical (unpaired) electrons. The number of pyridine rings is 1. The van der Waals surface area contributed by atoms with E-state index in [1.165, 1.54) is 0 Å². The van der Waals surface area contributed by atoms with Gasteiger partial charge in [0.2, 0.25) is 0 Å². The summed E-state index contributed by atoms with van der Waals surface area (Å²) in [5.41, 5.74) is 2.55. The van der Waals surface area contributed by atoms with Crippen molar-refractivity contribution in [1.29, 1.82) is 0 Å². The van der Waals surface area contributed by atoms with E-state index in [4.69, 9.17) is 0 Å². The SMILES string of the molecule is O=C(Nc1cncc2ccccc12)N1c2ccccc2C2C=CC=NN21. The number of para-hydroxylation sites is 1. The normalized spacial score (nSPS) is 17.3. The van der Waals surface area contributed by atoms with Crippen LogP contribution in [0.15, 0.2) is 78.2 Å². The molecule has 0 bridgehead atoms. The first kappa shape index (κ1) is 14.7. The number of nitrogens with one attached hydrogen (secondary N) is 1. The van der Waals surface area contributed by atoms with Gasteiger partial charge in [-0.2, -0.15) is 15.2 Å². The molecule has 5 rings (SSSR count). The lowest BCUT2D eigenvalue weighted by molar-refractivity contribution is 0.216. The molecule has 1 N–H and O–H groups in total. The topological polar surface area (TPSA) is 60.8 Å². The molecule has 0 saturated carbocycles. The second-order valence-corrected chi connectivity index (χ2v) is 6.12. The zero-order valence-corrected chi connectivity index (χ0v) is 13.8. The van der Waals surface area contributed by atoms with Gasteiger partial charge in [-0.15, -0.1) is 0 Å². The van der Waals surface area contributed by atoms with E-state index < -0.39 is 0 Å². The van der Waals surface area contributed by atoms with E-state index >= 15 is 0 Å². The van der Waals surface area contributed by atoms with Gasteiger partial charge in [0.25, 0.3) is 0 Å². The van der Waals surface area contributed by atoms with Gasteiger partial charge in [-0.05, 0) is 12.1 Å². The molecule has 3 heterocycles. The Morgan fingerprint density at radius 2 is 1.88 bits per heavy atom. The van der Waals surface area contributed by atoms with E-state index in [0.717, 1.165) is 22.0 Å². The minimum absolute atomic E-state index is 0.0763. The number of hydrogen-bond acceptors (Lipinski definition) is 4. The van der Waals surface area contributed by atoms with Crippen molar-refractivity contribution in [3.8, 4) is 0 Å². The fourth-order valence-corrected chi connectivity index (χ4v) is 3.44. The molecule has 26 heavy (non-hydrogen) atoms. The summed E-state index contributed by atoms with van der Waals surface area (Å²) < 4.78 is 0. The molecule has 0 aliphatic carbocycles. The molecule has 1 aromatic heterocycles. The molecular formula is C20H15N5O. The lowest BCUT2D eigenvalue weighted by Crippen LogP contribution is -2.43. The summed E-state index contributed by atoms with van der Waals surface area (Å²) in [6, 6.07) is 15.3. The summed E-state index contributed by atoms with van der Waals surface area (Å²) in [6.07, 6.45) is 9.06. The van der Waals surface area contributed by atoms with Gasteiger partial charge in [0.1, 0.15) is 6.04 Å². The van der Waals surface area contributed by atoms with Gasteiger partial charge in [-0.1, -0.05) is 48.5 Å². The molecular weight excluding hydrogens is 326 g/mol. The second-order valence-electron chi connectivity index (χ2n) is 6.12. The maximum absolute atomic E-state index is 13.1. The predicted molar refractivity (Wildman–Crippen MR) is 102 cm³/mol. The summed E-state index contributed by atoms with van der Waals surface area (Å²) in [6.45, 7) is 0. The summed E-state index contributed by atoms with van der Waals surface area (Å²) in [5.74, 6) is 0. The first-order valence-electron chi connectivity index (χ1n) is 8.35. The monoisotopic (exact) mass is 341 g/mol. The number of amides is 2. The molecule has 2 aromatic carbocycles. The van der Waals surface area contributed by atoms with Gasteiger partial charge in [0.05, 0.1) is 17.6 Å². The molecule has 126 valence electrons. The third-order valence-electron chi connectivity index (χ3n) is 4.60. The van der Waals surface area contributed by atoms with Crippen LogP contribution in [0.25, 0.3) is 10.8 Å². The van der Waals surface area contributed by atoms with Gasteiger partial charge >= 0.3 is 6.03 Å². The lowest BCUT2D eigenvalue weighted by atomic mass is 10.1. The third-order valence-corrected chi connectivity index (χ3v) is 4.60. The standard InChI is InChI=1S/C20H15N5O/c26-20(23-17-13-21-12-14-6-1-2-7-15(14)17)24-18-9-4-3-8-16(18)19-10-5-11-22-25(19)24/h1-13,19H,(H,23,26). The van der Waals surface area contributed by atoms with Crippen molar-refractivity contribution < 1.29 is 4.79 Å². The van der Waals surface area contributed by atoms with Crippen LogP contribution in [-0.4, -0.2) is 22.3 Å². The highest BCUT2D eigenvalue weighted by Gasteiger charge is 2.39. The number of anilines is 2. The maximum Gasteiger partial charge on any atom is 0.346 e. The van der Waals surface area contributed by atoms with Crippen molar-refractivity contribution in [2.45, 2.75) is 6.04 Å². The number of urea groups is 1. The molecule has 6 heteroatoms. The Kier molecular flexibility index (Phi) is 3.21. The molecule has 6 nitrogen and oxygen atoms in total. The Morgan fingerprint density at radius 3 is 2.85 bits per heavy atom. The quantitative estimate of drug-likeness (QED) is 0.725. The summed E-state index contributed by atoms with van der Waals surface area (Å²) in [7, 11) is 0. The van der Waals surface area contributed by atoms with Crippen LogP contribution in [0.1, 0.15) is 11.6 Å². The molecule has 0 spiro atoms. The number of allylic oxidation sites excluding steroid dienone is 1. The molecule has 2 aliphatic rings. The number of benzene rings is 2. The molecule has 0 saturated heterocycles. The van der Waals surface area contributed by atoms with E-state index in [-0.39, 0.29) is 12.1 Å². The zero-order chi connectivity index (χ0) is 17.5. The number of carbonyl (C=O) groups is 1. The van der Waals surface area contributed by atoms with Gasteiger partial charge < -0.3 is 5.32 Å². The van der Waals surface area contributed by atoms with Gasteiger partial charge in [0, 0.05) is 28.7 Å². The Labute approximate surface area is 150 Å². The maximum atomic E-state index is 13.1.